The molecule has 0 heterocycles. The van der Waals surface area contributed by atoms with Crippen molar-refractivity contribution in [3.05, 3.63) is 0 Å². The molecule has 0 aliphatic rings. The molecule has 2 heteroatoms. The molecule has 0 bridgehead atoms. The maximum absolute atomic E-state index is 9.73. The zero-order valence-electron chi connectivity index (χ0n) is 12.4. The van der Waals surface area contributed by atoms with E-state index in [1.54, 1.807) is 7.11 Å². The SMILES string of the molecule is CCCCCC(O)CC#CC(CCCCC)OC. The lowest BCUT2D eigenvalue weighted by Gasteiger charge is -2.08. The second kappa shape index (κ2) is 12.9. The number of unbranched alkanes of at least 4 members (excludes halogenated alkanes) is 4. The number of methoxy groups -OCH3 is 1. The molecule has 0 aromatic rings. The first-order valence-electron chi connectivity index (χ1n) is 7.43. The molecule has 0 rings (SSSR count). The summed E-state index contributed by atoms with van der Waals surface area (Å²) in [5, 5.41) is 9.73. The molecule has 0 spiro atoms. The monoisotopic (exact) mass is 254 g/mol. The lowest BCUT2D eigenvalue weighted by molar-refractivity contribution is 0.138. The number of hydrogen-bond donors (Lipinski definition) is 1. The summed E-state index contributed by atoms with van der Waals surface area (Å²) in [5.74, 6) is 6.18. The van der Waals surface area contributed by atoms with Crippen molar-refractivity contribution in [1.29, 1.82) is 0 Å². The summed E-state index contributed by atoms with van der Waals surface area (Å²) in [6, 6.07) is 0. The first-order valence-corrected chi connectivity index (χ1v) is 7.43. The zero-order chi connectivity index (χ0) is 13.6. The highest BCUT2D eigenvalue weighted by molar-refractivity contribution is 5.06. The van der Waals surface area contributed by atoms with Crippen LogP contribution in [0.2, 0.25) is 0 Å². The Hall–Kier alpha value is -0.520. The standard InChI is InChI=1S/C16H30O2/c1-4-6-8-11-15(17)12-10-14-16(18-3)13-9-7-5-2/h15-17H,4-9,11-13H2,1-3H3. The lowest BCUT2D eigenvalue weighted by atomic mass is 10.1. The van der Waals surface area contributed by atoms with Gasteiger partial charge >= 0.3 is 0 Å². The molecular weight excluding hydrogens is 224 g/mol. The first-order chi connectivity index (χ1) is 8.74. The van der Waals surface area contributed by atoms with E-state index in [2.05, 4.69) is 25.7 Å². The predicted molar refractivity (Wildman–Crippen MR) is 77.5 cm³/mol. The van der Waals surface area contributed by atoms with Crippen LogP contribution in [0.25, 0.3) is 0 Å². The maximum atomic E-state index is 9.73. The third-order valence-electron chi connectivity index (χ3n) is 3.10. The van der Waals surface area contributed by atoms with Crippen LogP contribution >= 0.6 is 0 Å². The van der Waals surface area contributed by atoms with Crippen LogP contribution in [0.5, 0.6) is 0 Å². The molecule has 0 radical (unpaired) electrons. The van der Waals surface area contributed by atoms with E-state index in [9.17, 15) is 5.11 Å². The van der Waals surface area contributed by atoms with Crippen LogP contribution in [0.4, 0.5) is 0 Å². The van der Waals surface area contributed by atoms with Crippen molar-refractivity contribution in [2.24, 2.45) is 0 Å². The maximum Gasteiger partial charge on any atom is 0.117 e. The van der Waals surface area contributed by atoms with Gasteiger partial charge in [0, 0.05) is 13.5 Å². The van der Waals surface area contributed by atoms with Gasteiger partial charge < -0.3 is 9.84 Å². The molecule has 0 aliphatic carbocycles. The molecule has 2 nitrogen and oxygen atoms in total. The smallest absolute Gasteiger partial charge is 0.117 e. The molecule has 0 amide bonds. The zero-order valence-corrected chi connectivity index (χ0v) is 12.4. The van der Waals surface area contributed by atoms with Gasteiger partial charge in [-0.15, -0.1) is 0 Å². The topological polar surface area (TPSA) is 29.5 Å². The van der Waals surface area contributed by atoms with Crippen molar-refractivity contribution >= 4 is 0 Å². The van der Waals surface area contributed by atoms with Gasteiger partial charge in [0.15, 0.2) is 0 Å². The van der Waals surface area contributed by atoms with E-state index in [1.807, 2.05) is 0 Å². The van der Waals surface area contributed by atoms with E-state index in [0.29, 0.717) is 6.42 Å². The predicted octanol–water partition coefficient (Wildman–Crippen LogP) is 3.92. The Morgan fingerprint density at radius 2 is 1.61 bits per heavy atom. The third-order valence-corrected chi connectivity index (χ3v) is 3.10. The number of aliphatic hydroxyl groups is 1. The summed E-state index contributed by atoms with van der Waals surface area (Å²) in [6.07, 6.45) is 9.35. The fourth-order valence-electron chi connectivity index (χ4n) is 1.85. The second-order valence-corrected chi connectivity index (χ2v) is 4.89. The number of ether oxygens (including phenoxy) is 1. The van der Waals surface area contributed by atoms with Gasteiger partial charge in [0.25, 0.3) is 0 Å². The Morgan fingerprint density at radius 3 is 2.17 bits per heavy atom. The molecule has 106 valence electrons. The molecule has 2 atom stereocenters. The summed E-state index contributed by atoms with van der Waals surface area (Å²) < 4.78 is 5.32. The second-order valence-electron chi connectivity index (χ2n) is 4.89. The molecule has 0 fully saturated rings. The van der Waals surface area contributed by atoms with Crippen LogP contribution in [-0.4, -0.2) is 24.4 Å². The molecular formula is C16H30O2. The van der Waals surface area contributed by atoms with Gasteiger partial charge in [0.05, 0.1) is 6.10 Å². The Labute approximate surface area is 113 Å². The van der Waals surface area contributed by atoms with Gasteiger partial charge in [0.1, 0.15) is 6.10 Å². The summed E-state index contributed by atoms with van der Waals surface area (Å²) in [6.45, 7) is 4.37. The molecule has 2 unspecified atom stereocenters. The van der Waals surface area contributed by atoms with E-state index < -0.39 is 0 Å². The Morgan fingerprint density at radius 1 is 1.00 bits per heavy atom. The van der Waals surface area contributed by atoms with Gasteiger partial charge in [-0.1, -0.05) is 57.8 Å². The third kappa shape index (κ3) is 10.6. The normalized spacial score (nSPS) is 13.8. The van der Waals surface area contributed by atoms with Crippen molar-refractivity contribution < 1.29 is 9.84 Å². The number of hydrogen-bond acceptors (Lipinski definition) is 2. The van der Waals surface area contributed by atoms with Crippen LogP contribution in [0.15, 0.2) is 0 Å². The summed E-state index contributed by atoms with van der Waals surface area (Å²) in [7, 11) is 1.71. The molecule has 0 aromatic carbocycles. The van der Waals surface area contributed by atoms with Crippen molar-refractivity contribution in [3.63, 3.8) is 0 Å². The van der Waals surface area contributed by atoms with Crippen LogP contribution in [-0.2, 0) is 4.74 Å². The van der Waals surface area contributed by atoms with Crippen molar-refractivity contribution in [1.82, 2.24) is 0 Å². The minimum atomic E-state index is -0.266. The van der Waals surface area contributed by atoms with Crippen LogP contribution in [0, 0.1) is 11.8 Å². The molecule has 18 heavy (non-hydrogen) atoms. The highest BCUT2D eigenvalue weighted by Gasteiger charge is 2.03. The lowest BCUT2D eigenvalue weighted by Crippen LogP contribution is -2.08. The first kappa shape index (κ1) is 17.5. The van der Waals surface area contributed by atoms with Crippen LogP contribution < -0.4 is 0 Å². The Bertz CT molecular complexity index is 227. The quantitative estimate of drug-likeness (QED) is 0.473. The van der Waals surface area contributed by atoms with Crippen molar-refractivity contribution in [2.75, 3.05) is 7.11 Å². The minimum Gasteiger partial charge on any atom is -0.392 e. The fourth-order valence-corrected chi connectivity index (χ4v) is 1.85. The van der Waals surface area contributed by atoms with E-state index >= 15 is 0 Å². The van der Waals surface area contributed by atoms with Gasteiger partial charge in [-0.25, -0.2) is 0 Å². The van der Waals surface area contributed by atoms with E-state index in [1.165, 1.54) is 32.1 Å². The van der Waals surface area contributed by atoms with Gasteiger partial charge in [-0.05, 0) is 19.3 Å². The molecule has 0 aromatic heterocycles. The Kier molecular flexibility index (Phi) is 12.6. The number of aliphatic hydroxyl groups excluding tert-OH is 1. The number of rotatable bonds is 10. The highest BCUT2D eigenvalue weighted by atomic mass is 16.5. The molecule has 0 aliphatic heterocycles. The minimum absolute atomic E-state index is 0.0411. The summed E-state index contributed by atoms with van der Waals surface area (Å²) in [5.41, 5.74) is 0. The van der Waals surface area contributed by atoms with Crippen molar-refractivity contribution in [3.8, 4) is 11.8 Å². The van der Waals surface area contributed by atoms with Crippen LogP contribution in [0.1, 0.15) is 71.6 Å². The molecule has 0 saturated carbocycles. The molecule has 1 N–H and O–H groups in total. The van der Waals surface area contributed by atoms with Gasteiger partial charge in [-0.3, -0.25) is 0 Å². The summed E-state index contributed by atoms with van der Waals surface area (Å²) >= 11 is 0. The summed E-state index contributed by atoms with van der Waals surface area (Å²) in [4.78, 5) is 0. The van der Waals surface area contributed by atoms with E-state index in [-0.39, 0.29) is 12.2 Å². The highest BCUT2D eigenvalue weighted by Crippen LogP contribution is 2.07. The van der Waals surface area contributed by atoms with Crippen molar-refractivity contribution in [2.45, 2.75) is 83.8 Å². The largest absolute Gasteiger partial charge is 0.392 e. The molecule has 0 saturated heterocycles. The fraction of sp³-hybridized carbons (Fsp3) is 0.875. The average Bonchev–Trinajstić information content (AvgIpc) is 2.37. The average molecular weight is 254 g/mol. The van der Waals surface area contributed by atoms with Gasteiger partial charge in [-0.2, -0.15) is 0 Å². The Balaban J connectivity index is 3.75. The van der Waals surface area contributed by atoms with E-state index in [4.69, 9.17) is 4.74 Å². The van der Waals surface area contributed by atoms with Gasteiger partial charge in [0.2, 0.25) is 0 Å². The van der Waals surface area contributed by atoms with Crippen LogP contribution in [0.3, 0.4) is 0 Å². The van der Waals surface area contributed by atoms with E-state index in [0.717, 1.165) is 19.3 Å².